The zero-order valence-electron chi connectivity index (χ0n) is 34.3. The molecule has 328 valence electrons. The summed E-state index contributed by atoms with van der Waals surface area (Å²) in [6.45, 7) is 5.02. The summed E-state index contributed by atoms with van der Waals surface area (Å²) in [6, 6.07) is 20.8. The summed E-state index contributed by atoms with van der Waals surface area (Å²) in [5.74, 6) is 6.97. The first-order valence-electron chi connectivity index (χ1n) is 19.5. The first-order chi connectivity index (χ1) is 30.6. The number of alkyl halides is 3. The maximum Gasteiger partial charge on any atom is 2.00 e. The molecule has 0 aromatic carbocycles. The number of carbonyl (C=O) groups excluding carboxylic acids is 2. The Morgan fingerprint density at radius 1 is 0.766 bits per heavy atom. The second-order valence-electron chi connectivity index (χ2n) is 13.3. The Kier molecular flexibility index (Phi) is 20.5. The van der Waals surface area contributed by atoms with E-state index in [2.05, 4.69) is 85.6 Å². The van der Waals surface area contributed by atoms with Crippen LogP contribution in [-0.4, -0.2) is 43.1 Å². The predicted molar refractivity (Wildman–Crippen MR) is 241 cm³/mol. The van der Waals surface area contributed by atoms with Gasteiger partial charge >= 0.3 is 25.7 Å². The standard InChI is InChI=1S/C26H19N3O4S.C19H19F3N3S.CNS.Ru/c1-2-3-21-6-7-22(34-21)5-4-18-8-10-27-23(12-18)25-14-20(33-17-31)15-26(29-25)24-13-19(32-16-30)9-11-28-24;1-2-3-4-5-6-13-8-10-26-18(13)14-7-9-23-15(11-14)16-12-17(25-24-16)19(20,21)22;2-1-3;/h6-17H,2-3H2,1H3;7-12H,2-6H2,1H3;;/q;2*-1;+2. The normalized spacial score (nSPS) is 10.3. The summed E-state index contributed by atoms with van der Waals surface area (Å²) in [6.07, 6.45) is 8.19. The number of aryl methyl sites for hydroxylation is 2. The number of rotatable bonds is 15. The van der Waals surface area contributed by atoms with Gasteiger partial charge in [0.1, 0.15) is 17.2 Å². The molecule has 0 bridgehead atoms. The molecule has 7 heterocycles. The van der Waals surface area contributed by atoms with Gasteiger partial charge in [-0.05, 0) is 90.4 Å². The van der Waals surface area contributed by atoms with Crippen LogP contribution in [0.15, 0.2) is 96.8 Å². The number of hydrogen-bond acceptors (Lipinski definition) is 12. The van der Waals surface area contributed by atoms with Crippen LogP contribution in [0.5, 0.6) is 11.5 Å². The van der Waals surface area contributed by atoms with Crippen molar-refractivity contribution in [3.8, 4) is 67.9 Å². The van der Waals surface area contributed by atoms with E-state index < -0.39 is 11.9 Å². The average Bonchev–Trinajstić information content (AvgIpc) is 4.08. The number of thiophene rings is 2. The van der Waals surface area contributed by atoms with Gasteiger partial charge in [-0.3, -0.25) is 24.5 Å². The predicted octanol–water partition coefficient (Wildman–Crippen LogP) is 11.3. The molecule has 0 aliphatic rings. The topological polar surface area (TPSA) is 153 Å². The number of thiocarbonyl (C=S) groups is 1. The first kappa shape index (κ1) is 50.6. The zero-order valence-corrected chi connectivity index (χ0v) is 38.5. The van der Waals surface area contributed by atoms with E-state index in [0.29, 0.717) is 47.2 Å². The van der Waals surface area contributed by atoms with E-state index in [-0.39, 0.29) is 30.9 Å². The molecular formula is C46H38F3N7O4RuS3. The van der Waals surface area contributed by atoms with Gasteiger partial charge in [0, 0.05) is 52.1 Å². The Bertz CT molecular complexity index is 2700. The fourth-order valence-electron chi connectivity index (χ4n) is 5.98. The molecule has 0 fully saturated rings. The maximum atomic E-state index is 12.7. The third-order valence-corrected chi connectivity index (χ3v) is 10.9. The van der Waals surface area contributed by atoms with Crippen LogP contribution in [0.1, 0.15) is 72.5 Å². The largest absolute Gasteiger partial charge is 2.00 e. The molecule has 0 aliphatic heterocycles. The van der Waals surface area contributed by atoms with Gasteiger partial charge in [0.2, 0.25) is 0 Å². The fraction of sp³-hybridized carbons (Fsp3) is 0.217. The van der Waals surface area contributed by atoms with Crippen LogP contribution in [0.4, 0.5) is 13.2 Å². The van der Waals surface area contributed by atoms with Gasteiger partial charge in [-0.15, -0.1) is 22.7 Å². The number of halogens is 3. The Hall–Kier alpha value is -6.08. The Morgan fingerprint density at radius 2 is 1.44 bits per heavy atom. The van der Waals surface area contributed by atoms with Crippen molar-refractivity contribution < 1.29 is 51.7 Å². The number of unbranched alkanes of at least 4 members (excludes halogenated alkanes) is 3. The Labute approximate surface area is 394 Å². The summed E-state index contributed by atoms with van der Waals surface area (Å²) in [5.41, 5.74) is 4.44. The van der Waals surface area contributed by atoms with Crippen LogP contribution < -0.4 is 14.6 Å². The second kappa shape index (κ2) is 25.9. The molecule has 0 saturated heterocycles. The smallest absolute Gasteiger partial charge is 0.753 e. The van der Waals surface area contributed by atoms with Gasteiger partial charge in [0.25, 0.3) is 12.9 Å². The number of pyridine rings is 4. The Morgan fingerprint density at radius 3 is 2.12 bits per heavy atom. The molecule has 7 rings (SSSR count). The molecule has 0 N–H and O–H groups in total. The van der Waals surface area contributed by atoms with Crippen molar-refractivity contribution in [1.82, 2.24) is 30.1 Å². The monoisotopic (exact) mass is 1010 g/mol. The van der Waals surface area contributed by atoms with E-state index in [9.17, 15) is 22.8 Å². The van der Waals surface area contributed by atoms with Gasteiger partial charge in [-0.2, -0.15) is 18.3 Å². The van der Waals surface area contributed by atoms with Crippen LogP contribution in [0.2, 0.25) is 0 Å². The molecule has 18 heteroatoms. The Balaban J connectivity index is 0.000000268. The molecule has 0 amide bonds. The summed E-state index contributed by atoms with van der Waals surface area (Å²) < 4.78 is 48.1. The summed E-state index contributed by atoms with van der Waals surface area (Å²) in [4.78, 5) is 42.6. The van der Waals surface area contributed by atoms with Crippen molar-refractivity contribution in [3.05, 3.63) is 129 Å². The molecular weight excluding hydrogens is 969 g/mol. The molecule has 64 heavy (non-hydrogen) atoms. The minimum Gasteiger partial charge on any atom is -0.753 e. The molecule has 0 radical (unpaired) electrons. The van der Waals surface area contributed by atoms with E-state index in [1.807, 2.05) is 24.3 Å². The van der Waals surface area contributed by atoms with Crippen LogP contribution in [0, 0.1) is 11.8 Å². The van der Waals surface area contributed by atoms with Crippen molar-refractivity contribution in [1.29, 1.82) is 0 Å². The second-order valence-corrected chi connectivity index (χ2v) is 15.6. The first-order valence-corrected chi connectivity index (χ1v) is 21.6. The fourth-order valence-corrected chi connectivity index (χ4v) is 7.89. The van der Waals surface area contributed by atoms with Gasteiger partial charge in [0.05, 0.1) is 33.3 Å². The summed E-state index contributed by atoms with van der Waals surface area (Å²) in [7, 11) is 0. The average molecular weight is 1010 g/mol. The molecule has 0 spiro atoms. The minimum atomic E-state index is -4.50. The van der Waals surface area contributed by atoms with Gasteiger partial charge in [-0.25, -0.2) is 4.98 Å². The number of carbonyl (C=O) groups is 2. The van der Waals surface area contributed by atoms with E-state index in [0.717, 1.165) is 52.6 Å². The number of hydrogen-bond donors (Lipinski definition) is 0. The minimum absolute atomic E-state index is 0. The van der Waals surface area contributed by atoms with Crippen LogP contribution in [-0.2, 0) is 48.1 Å². The molecule has 0 unspecified atom stereocenters. The number of nitrogens with zero attached hydrogens (tertiary/aromatic N) is 7. The quantitative estimate of drug-likeness (QED) is 0.0241. The van der Waals surface area contributed by atoms with E-state index in [1.54, 1.807) is 65.4 Å². The maximum absolute atomic E-state index is 12.7. The van der Waals surface area contributed by atoms with Gasteiger partial charge in [0.15, 0.2) is 0 Å². The van der Waals surface area contributed by atoms with Crippen LogP contribution >= 0.6 is 34.9 Å². The van der Waals surface area contributed by atoms with E-state index in [4.69, 9.17) is 14.9 Å². The van der Waals surface area contributed by atoms with Crippen LogP contribution in [0.3, 0.4) is 0 Å². The van der Waals surface area contributed by atoms with Gasteiger partial charge < -0.3 is 25.1 Å². The van der Waals surface area contributed by atoms with E-state index in [1.165, 1.54) is 41.1 Å². The molecule has 0 atom stereocenters. The van der Waals surface area contributed by atoms with Crippen molar-refractivity contribution in [3.63, 3.8) is 0 Å². The third kappa shape index (κ3) is 15.0. The number of isothiocyanates is 1. The molecule has 7 aromatic rings. The van der Waals surface area contributed by atoms with Gasteiger partial charge in [-0.1, -0.05) is 69.3 Å². The summed E-state index contributed by atoms with van der Waals surface area (Å²) in [5, 5.41) is 17.4. The number of ether oxygens (including phenoxy) is 2. The van der Waals surface area contributed by atoms with Crippen molar-refractivity contribution in [2.24, 2.45) is 0 Å². The zero-order chi connectivity index (χ0) is 45.0. The van der Waals surface area contributed by atoms with Crippen LogP contribution in [0.25, 0.3) is 50.0 Å². The molecule has 0 saturated carbocycles. The SMILES string of the molecule is CCCCCCc1ccsc1-c1ccnc(-c2cc(C(F)(F)F)n[n-]2)c1.CCCc1ccc(C#Cc2ccnc(-c3cc(OC=O)cc(-c4cc(OC=O)ccn4)n3)c2)s1.[N-]=C=S.[Ru+2]. The molecule has 7 aromatic heterocycles. The number of aromatic nitrogens is 6. The third-order valence-electron chi connectivity index (χ3n) is 8.83. The summed E-state index contributed by atoms with van der Waals surface area (Å²) >= 11 is 7.03. The van der Waals surface area contributed by atoms with E-state index >= 15 is 0 Å². The van der Waals surface area contributed by atoms with Crippen molar-refractivity contribution in [2.45, 2.75) is 65.0 Å². The molecule has 0 aliphatic carbocycles. The van der Waals surface area contributed by atoms with Crippen molar-refractivity contribution in [2.75, 3.05) is 0 Å². The van der Waals surface area contributed by atoms with Crippen molar-refractivity contribution >= 4 is 53.0 Å². The molecule has 11 nitrogen and oxygen atoms in total.